The molecule has 0 aliphatic rings. The zero-order valence-electron chi connectivity index (χ0n) is 14.1. The van der Waals surface area contributed by atoms with Crippen LogP contribution in [-0.4, -0.2) is 41.9 Å². The molecule has 126 valence electrons. The van der Waals surface area contributed by atoms with E-state index in [1.165, 1.54) is 19.3 Å². The van der Waals surface area contributed by atoms with Gasteiger partial charge in [-0.2, -0.15) is 8.42 Å². The Morgan fingerprint density at radius 2 is 1.52 bits per heavy atom. The maximum absolute atomic E-state index is 10.2. The van der Waals surface area contributed by atoms with Gasteiger partial charge in [-0.3, -0.25) is 4.55 Å². The molecule has 23 heavy (non-hydrogen) atoms. The minimum absolute atomic E-state index is 0. The molecule has 0 saturated heterocycles. The Morgan fingerprint density at radius 3 is 1.74 bits per heavy atom. The van der Waals surface area contributed by atoms with E-state index in [1.54, 1.807) is 0 Å². The number of carboxylic acid groups (broad SMARTS) is 2. The number of carboxylic acids is 2. The number of aliphatic carboxylic acids is 2. The summed E-state index contributed by atoms with van der Waals surface area (Å²) in [6.07, 6.45) is 3.42. The van der Waals surface area contributed by atoms with Gasteiger partial charge in [-0.15, -0.1) is 0 Å². The first-order chi connectivity index (χ1) is 9.52. The van der Waals surface area contributed by atoms with E-state index in [0.717, 1.165) is 12.3 Å². The fourth-order valence-corrected chi connectivity index (χ4v) is 1.89. The van der Waals surface area contributed by atoms with Crippen molar-refractivity contribution in [1.29, 1.82) is 0 Å². The van der Waals surface area contributed by atoms with E-state index in [-0.39, 0.29) is 59.1 Å². The number of rotatable bonds is 9. The summed E-state index contributed by atoms with van der Waals surface area (Å²) in [5, 5.41) is 25.7. The Balaban J connectivity index is -0.000000149. The van der Waals surface area contributed by atoms with Crippen molar-refractivity contribution in [3.8, 4) is 0 Å². The Labute approximate surface area is 181 Å². The molecule has 0 heterocycles. The summed E-state index contributed by atoms with van der Waals surface area (Å²) in [4.78, 5) is 19.7. The number of carbonyl (C=O) groups is 2. The van der Waals surface area contributed by atoms with Crippen LogP contribution in [0.5, 0.6) is 0 Å². The van der Waals surface area contributed by atoms with Crippen LogP contribution in [-0.2, 0) is 19.7 Å². The molecule has 0 fully saturated rings. The fourth-order valence-electron chi connectivity index (χ4n) is 1.30. The average molecular weight is 372 g/mol. The number of aliphatic hydroxyl groups is 1. The van der Waals surface area contributed by atoms with E-state index in [9.17, 15) is 28.2 Å². The third kappa shape index (κ3) is 22.8. The van der Waals surface area contributed by atoms with Crippen molar-refractivity contribution >= 4 is 22.1 Å². The average Bonchev–Trinajstić information content (AvgIpc) is 2.30. The molecule has 11 heteroatoms. The van der Waals surface area contributed by atoms with E-state index >= 15 is 0 Å². The van der Waals surface area contributed by atoms with Crippen LogP contribution < -0.4 is 69.3 Å². The van der Waals surface area contributed by atoms with Gasteiger partial charge in [0.1, 0.15) is 5.25 Å². The molecule has 0 bridgehead atoms. The smallest absolute Gasteiger partial charge is 0.550 e. The molecule has 8 nitrogen and oxygen atoms in total. The van der Waals surface area contributed by atoms with E-state index < -0.39 is 33.7 Å². The van der Waals surface area contributed by atoms with E-state index in [1.807, 2.05) is 0 Å². The number of hydrogen-bond acceptors (Lipinski definition) is 7. The van der Waals surface area contributed by atoms with Crippen molar-refractivity contribution in [3.63, 3.8) is 0 Å². The summed E-state index contributed by atoms with van der Waals surface area (Å²) in [5.41, 5.74) is 0. The van der Waals surface area contributed by atoms with Gasteiger partial charge in [0.25, 0.3) is 10.1 Å². The molecule has 1 unspecified atom stereocenters. The molecule has 0 aromatic carbocycles. The molecule has 0 amide bonds. The van der Waals surface area contributed by atoms with Gasteiger partial charge in [-0.05, 0) is 12.3 Å². The molecule has 0 radical (unpaired) electrons. The summed E-state index contributed by atoms with van der Waals surface area (Å²) in [6, 6.07) is 0. The Morgan fingerprint density at radius 1 is 1.04 bits per heavy atom. The van der Waals surface area contributed by atoms with Crippen LogP contribution in [0.4, 0.5) is 0 Å². The quantitative estimate of drug-likeness (QED) is 0.230. The van der Waals surface area contributed by atoms with Crippen molar-refractivity contribution in [2.24, 2.45) is 5.92 Å². The Kier molecular flexibility index (Phi) is 24.2. The fraction of sp³-hybridized carbons (Fsp3) is 0.833. The first kappa shape index (κ1) is 31.6. The van der Waals surface area contributed by atoms with Crippen LogP contribution >= 0.6 is 0 Å². The van der Waals surface area contributed by atoms with Gasteiger partial charge >= 0.3 is 59.1 Å². The zero-order chi connectivity index (χ0) is 17.1. The predicted molar refractivity (Wildman–Crippen MR) is 70.4 cm³/mol. The topological polar surface area (TPSA) is 155 Å². The van der Waals surface area contributed by atoms with Gasteiger partial charge in [0.05, 0.1) is 5.97 Å². The van der Waals surface area contributed by atoms with Gasteiger partial charge in [0.2, 0.25) is 0 Å². The van der Waals surface area contributed by atoms with Gasteiger partial charge in [0, 0.05) is 19.0 Å². The second-order valence-electron chi connectivity index (χ2n) is 4.87. The molecule has 0 aromatic rings. The number of unbranched alkanes of at least 4 members (excludes halogenated alkanes) is 2. The second-order valence-corrected chi connectivity index (χ2v) is 6.46. The van der Waals surface area contributed by atoms with Crippen molar-refractivity contribution in [3.05, 3.63) is 0 Å². The molecule has 0 aliphatic carbocycles. The monoisotopic (exact) mass is 372 g/mol. The summed E-state index contributed by atoms with van der Waals surface area (Å²) < 4.78 is 28.5. The molecular weight excluding hydrogens is 350 g/mol. The van der Waals surface area contributed by atoms with Gasteiger partial charge in [0.15, 0.2) is 0 Å². The SMILES string of the molecule is CC(C)CCCCCO.O=C([O-])CC(C(=O)[O-])S(=O)(=O)O.[Na+].[Na+]. The molecule has 2 N–H and O–H groups in total. The van der Waals surface area contributed by atoms with Gasteiger partial charge < -0.3 is 24.9 Å². The van der Waals surface area contributed by atoms with Crippen LogP contribution in [0.3, 0.4) is 0 Å². The third-order valence-electron chi connectivity index (χ3n) is 2.41. The third-order valence-corrected chi connectivity index (χ3v) is 3.49. The van der Waals surface area contributed by atoms with E-state index in [4.69, 9.17) is 9.66 Å². The van der Waals surface area contributed by atoms with Crippen molar-refractivity contribution in [1.82, 2.24) is 0 Å². The molecular formula is C12H22Na2O8S. The van der Waals surface area contributed by atoms with Crippen LogP contribution in [0.1, 0.15) is 46.0 Å². The molecule has 0 spiro atoms. The number of aliphatic hydroxyl groups excluding tert-OH is 1. The first-order valence-electron chi connectivity index (χ1n) is 6.50. The van der Waals surface area contributed by atoms with Crippen LogP contribution in [0.2, 0.25) is 0 Å². The summed E-state index contributed by atoms with van der Waals surface area (Å²) in [7, 11) is -4.94. The van der Waals surface area contributed by atoms with Crippen LogP contribution in [0.15, 0.2) is 0 Å². The van der Waals surface area contributed by atoms with Crippen LogP contribution in [0, 0.1) is 5.92 Å². The maximum atomic E-state index is 10.2. The largest absolute Gasteiger partial charge is 1.00 e. The van der Waals surface area contributed by atoms with E-state index in [0.29, 0.717) is 6.61 Å². The van der Waals surface area contributed by atoms with Gasteiger partial charge in [-0.25, -0.2) is 0 Å². The minimum atomic E-state index is -4.94. The Bertz CT molecular complexity index is 411. The van der Waals surface area contributed by atoms with Crippen molar-refractivity contribution in [2.75, 3.05) is 6.61 Å². The molecule has 0 aliphatic heterocycles. The van der Waals surface area contributed by atoms with Crippen LogP contribution in [0.25, 0.3) is 0 Å². The summed E-state index contributed by atoms with van der Waals surface area (Å²) in [5.74, 6) is -3.26. The van der Waals surface area contributed by atoms with Crippen molar-refractivity contribution in [2.45, 2.75) is 51.2 Å². The second kappa shape index (κ2) is 17.6. The number of carbonyl (C=O) groups excluding carboxylic acids is 2. The van der Waals surface area contributed by atoms with Gasteiger partial charge in [-0.1, -0.05) is 33.1 Å². The molecule has 1 atom stereocenters. The first-order valence-corrected chi connectivity index (χ1v) is 8.00. The normalized spacial score (nSPS) is 11.3. The summed E-state index contributed by atoms with van der Waals surface area (Å²) >= 11 is 0. The Hall–Kier alpha value is 0.810. The predicted octanol–water partition coefficient (Wildman–Crippen LogP) is -7.66. The minimum Gasteiger partial charge on any atom is -0.550 e. The zero-order valence-corrected chi connectivity index (χ0v) is 19.0. The van der Waals surface area contributed by atoms with E-state index in [2.05, 4.69) is 13.8 Å². The number of hydrogen-bond donors (Lipinski definition) is 2. The standard InChI is InChI=1S/C8H18O.C4H6O7S.2Na/c1-8(2)6-4-3-5-7-9;5-3(6)1-2(4(7)8)12(9,10)11;;/h8-9H,3-7H2,1-2H3;2H,1H2,(H,5,6)(H,7,8)(H,9,10,11);;/q;;2*+1/p-2. The summed E-state index contributed by atoms with van der Waals surface area (Å²) in [6.45, 7) is 4.83. The molecule has 0 saturated carbocycles. The molecule has 0 aromatic heterocycles. The molecule has 0 rings (SSSR count). The van der Waals surface area contributed by atoms with Crippen molar-refractivity contribution < 1.29 is 97.0 Å². The maximum Gasteiger partial charge on any atom is 1.00 e.